The van der Waals surface area contributed by atoms with Crippen molar-refractivity contribution < 1.29 is 19.1 Å². The molecule has 2 heterocycles. The van der Waals surface area contributed by atoms with Gasteiger partial charge in [0.25, 0.3) is 5.91 Å². The summed E-state index contributed by atoms with van der Waals surface area (Å²) in [6.45, 7) is 3.28. The van der Waals surface area contributed by atoms with Gasteiger partial charge in [-0.05, 0) is 44.0 Å². The summed E-state index contributed by atoms with van der Waals surface area (Å²) >= 11 is 0. The lowest BCUT2D eigenvalue weighted by Crippen LogP contribution is -2.46. The van der Waals surface area contributed by atoms with Gasteiger partial charge in [-0.15, -0.1) is 0 Å². The number of rotatable bonds is 6. The summed E-state index contributed by atoms with van der Waals surface area (Å²) in [6.07, 6.45) is 2.68. The van der Waals surface area contributed by atoms with Gasteiger partial charge in [0.05, 0.1) is 13.7 Å². The summed E-state index contributed by atoms with van der Waals surface area (Å²) in [5.74, 6) is 0.519. The molecular weight excluding hydrogens is 372 g/mol. The molecule has 0 atom stereocenters. The Labute approximate surface area is 170 Å². The number of hydrogen-bond donors (Lipinski definition) is 2. The number of carbonyl (C=O) groups excluding carboxylic acids is 2. The predicted octanol–water partition coefficient (Wildman–Crippen LogP) is 3.18. The summed E-state index contributed by atoms with van der Waals surface area (Å²) in [5.41, 5.74) is 1.95. The summed E-state index contributed by atoms with van der Waals surface area (Å²) in [6, 6.07) is 11.1. The van der Waals surface area contributed by atoms with Gasteiger partial charge in [-0.3, -0.25) is 9.78 Å². The highest BCUT2D eigenvalue weighted by Gasteiger charge is 2.25. The summed E-state index contributed by atoms with van der Waals surface area (Å²) in [5, 5.41) is 6.26. The molecule has 0 aliphatic carbocycles. The fourth-order valence-corrected chi connectivity index (χ4v) is 3.18. The third kappa shape index (κ3) is 5.60. The standard InChI is InChI=1S/C21H26N4O4/c1-3-29-21(27)25-11-8-15(9-12-25)24-20(26)19-14-17(7-10-22-19)23-16-5-4-6-18(13-16)28-2/h4-7,10,13-15H,3,8-9,11-12H2,1-2H3,(H,22,23)(H,24,26). The van der Waals surface area contributed by atoms with Gasteiger partial charge < -0.3 is 25.0 Å². The van der Waals surface area contributed by atoms with E-state index in [0.29, 0.717) is 38.2 Å². The van der Waals surface area contributed by atoms with Gasteiger partial charge in [0, 0.05) is 42.8 Å². The van der Waals surface area contributed by atoms with Crippen LogP contribution < -0.4 is 15.4 Å². The Morgan fingerprint density at radius 2 is 1.93 bits per heavy atom. The third-order valence-corrected chi connectivity index (χ3v) is 4.71. The molecule has 1 aliphatic heterocycles. The Balaban J connectivity index is 1.56. The molecule has 2 amide bonds. The highest BCUT2D eigenvalue weighted by molar-refractivity contribution is 5.93. The van der Waals surface area contributed by atoms with E-state index in [1.165, 1.54) is 0 Å². The third-order valence-electron chi connectivity index (χ3n) is 4.71. The Morgan fingerprint density at radius 1 is 1.17 bits per heavy atom. The number of pyridine rings is 1. The monoisotopic (exact) mass is 398 g/mol. The lowest BCUT2D eigenvalue weighted by molar-refractivity contribution is 0.0856. The van der Waals surface area contributed by atoms with Crippen LogP contribution in [-0.2, 0) is 4.74 Å². The Hall–Kier alpha value is -3.29. The molecule has 1 saturated heterocycles. The lowest BCUT2D eigenvalue weighted by Gasteiger charge is -2.31. The van der Waals surface area contributed by atoms with Crippen LogP contribution in [0.5, 0.6) is 5.75 Å². The number of likely N-dealkylation sites (tertiary alicyclic amines) is 1. The van der Waals surface area contributed by atoms with Gasteiger partial charge in [0.2, 0.25) is 0 Å². The van der Waals surface area contributed by atoms with Crippen LogP contribution in [0.2, 0.25) is 0 Å². The first-order chi connectivity index (χ1) is 14.1. The smallest absolute Gasteiger partial charge is 0.409 e. The maximum atomic E-state index is 12.6. The molecule has 3 rings (SSSR count). The normalized spacial score (nSPS) is 14.2. The second kappa shape index (κ2) is 9.77. The zero-order chi connectivity index (χ0) is 20.6. The van der Waals surface area contributed by atoms with Crippen LogP contribution in [-0.4, -0.2) is 54.7 Å². The zero-order valence-electron chi connectivity index (χ0n) is 16.7. The minimum atomic E-state index is -0.296. The highest BCUT2D eigenvalue weighted by atomic mass is 16.6. The number of ether oxygens (including phenoxy) is 2. The number of piperidine rings is 1. The van der Waals surface area contributed by atoms with E-state index in [1.807, 2.05) is 24.3 Å². The second-order valence-corrected chi connectivity index (χ2v) is 6.72. The molecule has 1 aromatic carbocycles. The fourth-order valence-electron chi connectivity index (χ4n) is 3.18. The topological polar surface area (TPSA) is 92.8 Å². The average Bonchev–Trinajstić information content (AvgIpc) is 2.74. The maximum Gasteiger partial charge on any atom is 0.409 e. The first-order valence-electron chi connectivity index (χ1n) is 9.68. The lowest BCUT2D eigenvalue weighted by atomic mass is 10.1. The number of carbonyl (C=O) groups is 2. The Morgan fingerprint density at radius 3 is 2.66 bits per heavy atom. The van der Waals surface area contributed by atoms with Crippen molar-refractivity contribution >= 4 is 23.4 Å². The molecule has 0 radical (unpaired) electrons. The van der Waals surface area contributed by atoms with E-state index in [4.69, 9.17) is 9.47 Å². The van der Waals surface area contributed by atoms with Crippen LogP contribution in [0.4, 0.5) is 16.2 Å². The van der Waals surface area contributed by atoms with Crippen LogP contribution >= 0.6 is 0 Å². The van der Waals surface area contributed by atoms with Crippen LogP contribution in [0, 0.1) is 0 Å². The van der Waals surface area contributed by atoms with Gasteiger partial charge in [-0.1, -0.05) is 6.07 Å². The van der Waals surface area contributed by atoms with Gasteiger partial charge in [0.1, 0.15) is 11.4 Å². The number of benzene rings is 1. The van der Waals surface area contributed by atoms with Crippen LogP contribution in [0.1, 0.15) is 30.3 Å². The first-order valence-corrected chi connectivity index (χ1v) is 9.68. The molecule has 154 valence electrons. The van der Waals surface area contributed by atoms with Crippen molar-refractivity contribution in [2.75, 3.05) is 32.1 Å². The molecule has 0 unspecified atom stereocenters. The van der Waals surface area contributed by atoms with Crippen molar-refractivity contribution in [1.82, 2.24) is 15.2 Å². The molecule has 0 spiro atoms. The molecule has 8 heteroatoms. The SMILES string of the molecule is CCOC(=O)N1CCC(NC(=O)c2cc(Nc3cccc(OC)c3)ccn2)CC1. The number of hydrogen-bond acceptors (Lipinski definition) is 6. The summed E-state index contributed by atoms with van der Waals surface area (Å²) in [4.78, 5) is 30.2. The molecule has 0 bridgehead atoms. The van der Waals surface area contributed by atoms with Crippen molar-refractivity contribution in [1.29, 1.82) is 0 Å². The molecule has 1 fully saturated rings. The van der Waals surface area contributed by atoms with Crippen LogP contribution in [0.25, 0.3) is 0 Å². The van der Waals surface area contributed by atoms with Gasteiger partial charge in [-0.25, -0.2) is 4.79 Å². The quantitative estimate of drug-likeness (QED) is 0.776. The fraction of sp³-hybridized carbons (Fsp3) is 0.381. The van der Waals surface area contributed by atoms with Crippen molar-refractivity contribution in [2.24, 2.45) is 0 Å². The van der Waals surface area contributed by atoms with E-state index < -0.39 is 0 Å². The zero-order valence-corrected chi connectivity index (χ0v) is 16.7. The maximum absolute atomic E-state index is 12.6. The van der Waals surface area contributed by atoms with Crippen molar-refractivity contribution in [3.63, 3.8) is 0 Å². The van der Waals surface area contributed by atoms with Crippen molar-refractivity contribution in [2.45, 2.75) is 25.8 Å². The number of nitrogens with one attached hydrogen (secondary N) is 2. The van der Waals surface area contributed by atoms with Crippen LogP contribution in [0.3, 0.4) is 0 Å². The predicted molar refractivity (Wildman–Crippen MR) is 110 cm³/mol. The molecule has 1 aromatic heterocycles. The average molecular weight is 398 g/mol. The number of methoxy groups -OCH3 is 1. The van der Waals surface area contributed by atoms with E-state index in [1.54, 1.807) is 37.3 Å². The van der Waals surface area contributed by atoms with E-state index in [9.17, 15) is 9.59 Å². The first kappa shape index (κ1) is 20.4. The summed E-state index contributed by atoms with van der Waals surface area (Å²) < 4.78 is 10.2. The largest absolute Gasteiger partial charge is 0.497 e. The number of anilines is 2. The van der Waals surface area contributed by atoms with Crippen molar-refractivity contribution in [3.05, 3.63) is 48.3 Å². The van der Waals surface area contributed by atoms with Gasteiger partial charge in [0.15, 0.2) is 0 Å². The number of amides is 2. The van der Waals surface area contributed by atoms with E-state index in [-0.39, 0.29) is 18.0 Å². The van der Waals surface area contributed by atoms with Gasteiger partial charge >= 0.3 is 6.09 Å². The van der Waals surface area contributed by atoms with Gasteiger partial charge in [-0.2, -0.15) is 0 Å². The molecule has 29 heavy (non-hydrogen) atoms. The molecule has 2 aromatic rings. The molecule has 0 saturated carbocycles. The second-order valence-electron chi connectivity index (χ2n) is 6.72. The molecule has 8 nitrogen and oxygen atoms in total. The Kier molecular flexibility index (Phi) is 6.89. The minimum absolute atomic E-state index is 0.00461. The molecule has 1 aliphatic rings. The molecule has 2 N–H and O–H groups in total. The van der Waals surface area contributed by atoms with E-state index in [2.05, 4.69) is 15.6 Å². The highest BCUT2D eigenvalue weighted by Crippen LogP contribution is 2.21. The minimum Gasteiger partial charge on any atom is -0.497 e. The summed E-state index contributed by atoms with van der Waals surface area (Å²) in [7, 11) is 1.62. The number of aromatic nitrogens is 1. The van der Waals surface area contributed by atoms with Crippen LogP contribution in [0.15, 0.2) is 42.6 Å². The van der Waals surface area contributed by atoms with E-state index >= 15 is 0 Å². The molecular formula is C21H26N4O4. The Bertz CT molecular complexity index is 850. The van der Waals surface area contributed by atoms with E-state index in [0.717, 1.165) is 17.1 Å². The number of nitrogens with zero attached hydrogens (tertiary/aromatic N) is 2. The van der Waals surface area contributed by atoms with Crippen molar-refractivity contribution in [3.8, 4) is 5.75 Å².